The molecule has 0 aromatic carbocycles. The minimum absolute atomic E-state index is 0.891. The van der Waals surface area contributed by atoms with Crippen molar-refractivity contribution in [2.75, 3.05) is 18.6 Å². The molecule has 0 radical (unpaired) electrons. The summed E-state index contributed by atoms with van der Waals surface area (Å²) in [6.07, 6.45) is 1.70. The zero-order valence-electron chi connectivity index (χ0n) is 5.95. The number of aromatic nitrogens is 3. The van der Waals surface area contributed by atoms with Crippen molar-refractivity contribution >= 4 is 22.6 Å². The summed E-state index contributed by atoms with van der Waals surface area (Å²) in [6, 6.07) is 0. The van der Waals surface area contributed by atoms with Crippen molar-refractivity contribution in [3.63, 3.8) is 0 Å². The molecule has 0 aliphatic carbocycles. The van der Waals surface area contributed by atoms with Gasteiger partial charge in [0.25, 0.3) is 0 Å². The van der Waals surface area contributed by atoms with Crippen LogP contribution in [0.5, 0.6) is 0 Å². The number of hydrogen-bond donors (Lipinski definition) is 0. The molecule has 0 amide bonds. The number of rotatable bonds is 2. The Labute approximate surface area is 73.3 Å². The molecule has 0 spiro atoms. The van der Waals surface area contributed by atoms with E-state index in [-0.39, 0.29) is 0 Å². The molecule has 0 fully saturated rings. The molecule has 10 heavy (non-hydrogen) atoms. The van der Waals surface area contributed by atoms with Gasteiger partial charge in [-0.2, -0.15) is 0 Å². The first kappa shape index (κ1) is 7.77. The van der Waals surface area contributed by atoms with Crippen molar-refractivity contribution in [2.45, 2.75) is 6.92 Å². The first-order valence-corrected chi connectivity index (χ1v) is 4.10. The Kier molecular flexibility index (Phi) is 2.47. The lowest BCUT2D eigenvalue weighted by molar-refractivity contribution is 0.654. The van der Waals surface area contributed by atoms with Gasteiger partial charge >= 0.3 is 0 Å². The summed E-state index contributed by atoms with van der Waals surface area (Å²) in [4.78, 5) is 0. The van der Waals surface area contributed by atoms with Crippen molar-refractivity contribution in [1.82, 2.24) is 14.9 Å². The average Bonchev–Trinajstić information content (AvgIpc) is 2.34. The second-order valence-electron chi connectivity index (χ2n) is 1.92. The molecule has 0 aliphatic rings. The Morgan fingerprint density at radius 1 is 1.80 bits per heavy atom. The molecule has 0 saturated carbocycles. The molecule has 0 bridgehead atoms. The van der Waals surface area contributed by atoms with Gasteiger partial charge in [0.2, 0.25) is 3.83 Å². The van der Waals surface area contributed by atoms with E-state index < -0.39 is 0 Å². The zero-order valence-corrected chi connectivity index (χ0v) is 8.11. The Bertz CT molecular complexity index is 209. The number of hydrogen-bond acceptors (Lipinski definition) is 3. The molecule has 1 rings (SSSR count). The number of nitrogens with zero attached hydrogens (tertiary/aromatic N) is 4. The third-order valence-corrected chi connectivity index (χ3v) is 2.03. The summed E-state index contributed by atoms with van der Waals surface area (Å²) >= 11 is 2.14. The van der Waals surface area contributed by atoms with Crippen molar-refractivity contribution in [1.29, 1.82) is 0 Å². The Morgan fingerprint density at radius 2 is 2.50 bits per heavy atom. The summed E-state index contributed by atoms with van der Waals surface area (Å²) in [5, 5.41) is 9.63. The lowest BCUT2D eigenvalue weighted by atomic mass is 10.7. The van der Waals surface area contributed by atoms with Crippen LogP contribution in [0.1, 0.15) is 6.92 Å². The molecule has 1 aromatic rings. The highest BCUT2D eigenvalue weighted by atomic mass is 127. The van der Waals surface area contributed by atoms with Crippen LogP contribution in [0, 0.1) is 3.83 Å². The summed E-state index contributed by atoms with van der Waals surface area (Å²) < 4.78 is 2.79. The van der Waals surface area contributed by atoms with Crippen molar-refractivity contribution < 1.29 is 0 Å². The average molecular weight is 252 g/mol. The van der Waals surface area contributed by atoms with Crippen LogP contribution < -0.4 is 5.01 Å². The van der Waals surface area contributed by atoms with Crippen LogP contribution >= 0.6 is 22.6 Å². The third kappa shape index (κ3) is 1.39. The molecule has 4 nitrogen and oxygen atoms in total. The van der Waals surface area contributed by atoms with Gasteiger partial charge in [0.05, 0.1) is 0 Å². The van der Waals surface area contributed by atoms with Gasteiger partial charge in [-0.15, -0.1) is 10.2 Å². The Balaban J connectivity index is 2.82. The van der Waals surface area contributed by atoms with Crippen LogP contribution in [0.3, 0.4) is 0 Å². The minimum atomic E-state index is 0.891. The largest absolute Gasteiger partial charge is 0.313 e. The van der Waals surface area contributed by atoms with Crippen LogP contribution in [-0.4, -0.2) is 28.5 Å². The lowest BCUT2D eigenvalue weighted by Crippen LogP contribution is -2.29. The Morgan fingerprint density at radius 3 is 2.90 bits per heavy atom. The molecule has 1 aromatic heterocycles. The monoisotopic (exact) mass is 252 g/mol. The van der Waals surface area contributed by atoms with E-state index in [4.69, 9.17) is 0 Å². The van der Waals surface area contributed by atoms with E-state index in [1.165, 1.54) is 0 Å². The first-order valence-electron chi connectivity index (χ1n) is 3.02. The normalized spacial score (nSPS) is 9.90. The van der Waals surface area contributed by atoms with Gasteiger partial charge in [0, 0.05) is 36.2 Å². The fourth-order valence-corrected chi connectivity index (χ4v) is 1.21. The Hall–Kier alpha value is -0.330. The van der Waals surface area contributed by atoms with Crippen LogP contribution in [0.15, 0.2) is 6.33 Å². The standard InChI is InChI=1S/C5H9IN4/c1-3-9(2)10-4-7-8-5(10)6/h4H,3H2,1-2H3. The van der Waals surface area contributed by atoms with Gasteiger partial charge in [0.15, 0.2) is 0 Å². The predicted molar refractivity (Wildman–Crippen MR) is 47.4 cm³/mol. The summed E-state index contributed by atoms with van der Waals surface area (Å²) in [6.45, 7) is 3.03. The van der Waals surface area contributed by atoms with E-state index >= 15 is 0 Å². The van der Waals surface area contributed by atoms with Crippen molar-refractivity contribution in [3.8, 4) is 0 Å². The molecule has 0 aliphatic heterocycles. The zero-order chi connectivity index (χ0) is 7.56. The molecule has 0 unspecified atom stereocenters. The lowest BCUT2D eigenvalue weighted by Gasteiger charge is -2.16. The third-order valence-electron chi connectivity index (χ3n) is 1.32. The fraction of sp³-hybridized carbons (Fsp3) is 0.600. The molecule has 0 saturated heterocycles. The second kappa shape index (κ2) is 3.18. The smallest absolute Gasteiger partial charge is 0.212 e. The predicted octanol–water partition coefficient (Wildman–Crippen LogP) is 0.470. The quantitative estimate of drug-likeness (QED) is 0.717. The van der Waals surface area contributed by atoms with Crippen LogP contribution in [0.4, 0.5) is 0 Å². The molecular weight excluding hydrogens is 243 g/mol. The van der Waals surface area contributed by atoms with E-state index in [2.05, 4.69) is 39.7 Å². The van der Waals surface area contributed by atoms with Crippen LogP contribution in [0.25, 0.3) is 0 Å². The SMILES string of the molecule is CCN(C)n1cnnc1I. The van der Waals surface area contributed by atoms with E-state index in [0.717, 1.165) is 10.4 Å². The molecule has 56 valence electrons. The van der Waals surface area contributed by atoms with Crippen LogP contribution in [-0.2, 0) is 0 Å². The van der Waals surface area contributed by atoms with E-state index in [0.29, 0.717) is 0 Å². The van der Waals surface area contributed by atoms with E-state index in [1.807, 2.05) is 16.7 Å². The summed E-state index contributed by atoms with van der Waals surface area (Å²) in [5.74, 6) is 0. The maximum absolute atomic E-state index is 3.84. The van der Waals surface area contributed by atoms with Gasteiger partial charge in [-0.25, -0.2) is 4.68 Å². The summed E-state index contributed by atoms with van der Waals surface area (Å²) in [5.41, 5.74) is 0. The fourth-order valence-electron chi connectivity index (χ4n) is 0.597. The van der Waals surface area contributed by atoms with Crippen molar-refractivity contribution in [2.24, 2.45) is 0 Å². The van der Waals surface area contributed by atoms with E-state index in [9.17, 15) is 0 Å². The van der Waals surface area contributed by atoms with E-state index in [1.54, 1.807) is 6.33 Å². The molecule has 5 heteroatoms. The molecular formula is C5H9IN4. The van der Waals surface area contributed by atoms with Gasteiger partial charge in [-0.1, -0.05) is 0 Å². The topological polar surface area (TPSA) is 34.0 Å². The minimum Gasteiger partial charge on any atom is -0.313 e. The van der Waals surface area contributed by atoms with Gasteiger partial charge in [0.1, 0.15) is 6.33 Å². The summed E-state index contributed by atoms with van der Waals surface area (Å²) in [7, 11) is 1.99. The molecule has 0 N–H and O–H groups in total. The highest BCUT2D eigenvalue weighted by molar-refractivity contribution is 14.1. The maximum Gasteiger partial charge on any atom is 0.212 e. The highest BCUT2D eigenvalue weighted by Gasteiger charge is 2.00. The van der Waals surface area contributed by atoms with Gasteiger partial charge in [-0.05, 0) is 6.92 Å². The van der Waals surface area contributed by atoms with Crippen molar-refractivity contribution in [3.05, 3.63) is 10.2 Å². The van der Waals surface area contributed by atoms with Gasteiger partial charge in [-0.3, -0.25) is 0 Å². The molecule has 0 atom stereocenters. The van der Waals surface area contributed by atoms with Gasteiger partial charge < -0.3 is 5.01 Å². The highest BCUT2D eigenvalue weighted by Crippen LogP contribution is 1.98. The number of halogens is 1. The van der Waals surface area contributed by atoms with Crippen LogP contribution in [0.2, 0.25) is 0 Å². The molecule has 1 heterocycles. The first-order chi connectivity index (χ1) is 4.75. The second-order valence-corrected chi connectivity index (χ2v) is 2.88. The maximum atomic E-state index is 3.84.